The van der Waals surface area contributed by atoms with E-state index in [-0.39, 0.29) is 5.97 Å². The molecule has 1 aliphatic rings. The Morgan fingerprint density at radius 3 is 2.43 bits per heavy atom. The summed E-state index contributed by atoms with van der Waals surface area (Å²) in [7, 11) is 1.40. The zero-order valence-corrected chi connectivity index (χ0v) is 11.8. The van der Waals surface area contributed by atoms with Gasteiger partial charge in [-0.05, 0) is 30.5 Å². The van der Waals surface area contributed by atoms with Gasteiger partial charge in [-0.2, -0.15) is 0 Å². The van der Waals surface area contributed by atoms with Crippen LogP contribution in [0.1, 0.15) is 17.5 Å². The lowest BCUT2D eigenvalue weighted by Crippen LogP contribution is -2.16. The van der Waals surface area contributed by atoms with Crippen LogP contribution in [0.25, 0.3) is 5.76 Å². The number of hydrogen-bond donors (Lipinski definition) is 0. The van der Waals surface area contributed by atoms with Gasteiger partial charge in [-0.25, -0.2) is 4.79 Å². The number of esters is 1. The average Bonchev–Trinajstić information content (AvgIpc) is 2.55. The second-order valence-corrected chi connectivity index (χ2v) is 4.87. The number of methoxy groups -OCH3 is 1. The van der Waals surface area contributed by atoms with E-state index in [0.717, 1.165) is 12.0 Å². The quantitative estimate of drug-likeness (QED) is 0.806. The largest absolute Gasteiger partial charge is 0.466 e. The predicted molar refractivity (Wildman–Crippen MR) is 80.8 cm³/mol. The normalized spacial score (nSPS) is 13.6. The summed E-state index contributed by atoms with van der Waals surface area (Å²) in [5.41, 5.74) is 2.75. The topological polar surface area (TPSA) is 35.5 Å². The summed E-state index contributed by atoms with van der Waals surface area (Å²) in [5.74, 6) is 0.996. The minimum atomic E-state index is -0.324. The maximum Gasteiger partial charge on any atom is 0.337 e. The summed E-state index contributed by atoms with van der Waals surface area (Å²) < 4.78 is 10.9. The molecule has 2 aromatic carbocycles. The third kappa shape index (κ3) is 2.68. The molecule has 0 saturated carbocycles. The second kappa shape index (κ2) is 5.83. The van der Waals surface area contributed by atoms with Crippen molar-refractivity contribution in [2.75, 3.05) is 7.11 Å². The second-order valence-electron chi connectivity index (χ2n) is 4.87. The highest BCUT2D eigenvalue weighted by atomic mass is 16.5. The van der Waals surface area contributed by atoms with Gasteiger partial charge in [-0.3, -0.25) is 0 Å². The summed E-state index contributed by atoms with van der Waals surface area (Å²) in [6, 6.07) is 17.5. The zero-order chi connectivity index (χ0) is 14.7. The molecular formula is C18H16O3. The Morgan fingerprint density at radius 1 is 0.952 bits per heavy atom. The van der Waals surface area contributed by atoms with Crippen LogP contribution < -0.4 is 4.74 Å². The molecule has 0 radical (unpaired) electrons. The molecule has 0 amide bonds. The molecule has 2 aromatic rings. The molecule has 0 bridgehead atoms. The van der Waals surface area contributed by atoms with Gasteiger partial charge in [0.1, 0.15) is 11.5 Å². The van der Waals surface area contributed by atoms with E-state index in [1.54, 1.807) is 0 Å². The van der Waals surface area contributed by atoms with Crippen molar-refractivity contribution >= 4 is 11.7 Å². The van der Waals surface area contributed by atoms with Crippen molar-refractivity contribution in [2.45, 2.75) is 12.8 Å². The van der Waals surface area contributed by atoms with Crippen molar-refractivity contribution in [3.05, 3.63) is 71.3 Å². The van der Waals surface area contributed by atoms with E-state index in [1.807, 2.05) is 48.5 Å². The van der Waals surface area contributed by atoms with E-state index in [9.17, 15) is 4.79 Å². The van der Waals surface area contributed by atoms with Gasteiger partial charge in [-0.1, -0.05) is 42.5 Å². The Hall–Kier alpha value is -2.55. The van der Waals surface area contributed by atoms with E-state index in [1.165, 1.54) is 12.7 Å². The lowest BCUT2D eigenvalue weighted by molar-refractivity contribution is -0.136. The van der Waals surface area contributed by atoms with Gasteiger partial charge in [-0.15, -0.1) is 0 Å². The first-order chi connectivity index (χ1) is 10.3. The molecule has 0 N–H and O–H groups in total. The van der Waals surface area contributed by atoms with E-state index in [0.29, 0.717) is 23.5 Å². The third-order valence-corrected chi connectivity index (χ3v) is 3.58. The molecule has 0 fully saturated rings. The number of para-hydroxylation sites is 1. The lowest BCUT2D eigenvalue weighted by atomic mass is 9.90. The van der Waals surface area contributed by atoms with Crippen molar-refractivity contribution in [3.8, 4) is 5.75 Å². The van der Waals surface area contributed by atoms with Crippen LogP contribution in [0.5, 0.6) is 5.75 Å². The van der Waals surface area contributed by atoms with Crippen molar-refractivity contribution in [1.82, 2.24) is 0 Å². The highest BCUT2D eigenvalue weighted by Gasteiger charge is 2.25. The molecule has 21 heavy (non-hydrogen) atoms. The maximum atomic E-state index is 12.0. The third-order valence-electron chi connectivity index (χ3n) is 3.58. The van der Waals surface area contributed by atoms with E-state index >= 15 is 0 Å². The van der Waals surface area contributed by atoms with Crippen LogP contribution in [0.15, 0.2) is 60.2 Å². The molecule has 0 heterocycles. The fourth-order valence-electron chi connectivity index (χ4n) is 2.54. The molecule has 0 spiro atoms. The van der Waals surface area contributed by atoms with Gasteiger partial charge in [0.05, 0.1) is 12.7 Å². The number of hydrogen-bond acceptors (Lipinski definition) is 3. The van der Waals surface area contributed by atoms with E-state index in [2.05, 4.69) is 6.07 Å². The number of benzene rings is 2. The molecular weight excluding hydrogens is 264 g/mol. The number of fused-ring (bicyclic) bond motifs is 1. The Labute approximate surface area is 123 Å². The summed E-state index contributed by atoms with van der Waals surface area (Å²) in [5, 5.41) is 0. The Kier molecular flexibility index (Phi) is 3.73. The summed E-state index contributed by atoms with van der Waals surface area (Å²) in [6.07, 6.45) is 1.45. The molecule has 0 saturated heterocycles. The molecule has 1 aliphatic carbocycles. The SMILES string of the molecule is COC(=O)C1=C(Oc2ccccc2)c2ccccc2CC1. The number of rotatable bonds is 3. The van der Waals surface area contributed by atoms with Crippen molar-refractivity contribution in [1.29, 1.82) is 0 Å². The molecule has 0 aliphatic heterocycles. The molecule has 106 valence electrons. The predicted octanol–water partition coefficient (Wildman–Crippen LogP) is 3.60. The monoisotopic (exact) mass is 280 g/mol. The first kappa shape index (κ1) is 13.4. The van der Waals surface area contributed by atoms with Gasteiger partial charge in [0.25, 0.3) is 0 Å². The first-order valence-electron chi connectivity index (χ1n) is 6.92. The van der Waals surface area contributed by atoms with Crippen LogP contribution in [-0.4, -0.2) is 13.1 Å². The maximum absolute atomic E-state index is 12.0. The molecule has 3 nitrogen and oxygen atoms in total. The Bertz CT molecular complexity index is 687. The van der Waals surface area contributed by atoms with Crippen LogP contribution in [0.4, 0.5) is 0 Å². The number of ether oxygens (including phenoxy) is 2. The molecule has 0 unspecified atom stereocenters. The molecule has 3 heteroatoms. The highest BCUT2D eigenvalue weighted by molar-refractivity contribution is 5.97. The average molecular weight is 280 g/mol. The summed E-state index contributed by atoms with van der Waals surface area (Å²) in [4.78, 5) is 12.0. The molecule has 0 atom stereocenters. The fourth-order valence-corrected chi connectivity index (χ4v) is 2.54. The molecule has 0 aromatic heterocycles. The van der Waals surface area contributed by atoms with Gasteiger partial charge in [0.15, 0.2) is 0 Å². The van der Waals surface area contributed by atoms with Gasteiger partial charge < -0.3 is 9.47 Å². The summed E-state index contributed by atoms with van der Waals surface area (Å²) >= 11 is 0. The smallest absolute Gasteiger partial charge is 0.337 e. The zero-order valence-electron chi connectivity index (χ0n) is 11.8. The van der Waals surface area contributed by atoms with Crippen molar-refractivity contribution < 1.29 is 14.3 Å². The van der Waals surface area contributed by atoms with Crippen molar-refractivity contribution in [3.63, 3.8) is 0 Å². The van der Waals surface area contributed by atoms with E-state index < -0.39 is 0 Å². The fraction of sp³-hybridized carbons (Fsp3) is 0.167. The van der Waals surface area contributed by atoms with E-state index in [4.69, 9.17) is 9.47 Å². The Morgan fingerprint density at radius 2 is 1.67 bits per heavy atom. The van der Waals surface area contributed by atoms with Gasteiger partial charge >= 0.3 is 5.97 Å². The van der Waals surface area contributed by atoms with Gasteiger partial charge in [0, 0.05) is 5.56 Å². The molecule has 3 rings (SSSR count). The highest BCUT2D eigenvalue weighted by Crippen LogP contribution is 2.33. The number of carbonyl (C=O) groups excluding carboxylic acids is 1. The lowest BCUT2D eigenvalue weighted by Gasteiger charge is -2.22. The number of carbonyl (C=O) groups is 1. The summed E-state index contributed by atoms with van der Waals surface area (Å²) in [6.45, 7) is 0. The first-order valence-corrected chi connectivity index (χ1v) is 6.92. The van der Waals surface area contributed by atoms with Crippen molar-refractivity contribution in [2.24, 2.45) is 0 Å². The van der Waals surface area contributed by atoms with Crippen LogP contribution in [-0.2, 0) is 16.0 Å². The number of aryl methyl sites for hydroxylation is 1. The standard InChI is InChI=1S/C18H16O3/c1-20-18(19)16-12-11-13-7-5-6-10-15(13)17(16)21-14-8-3-2-4-9-14/h2-10H,11-12H2,1H3. The van der Waals surface area contributed by atoms with Crippen LogP contribution in [0, 0.1) is 0 Å². The van der Waals surface area contributed by atoms with Crippen LogP contribution in [0.3, 0.4) is 0 Å². The minimum Gasteiger partial charge on any atom is -0.466 e. The van der Waals surface area contributed by atoms with Gasteiger partial charge in [0.2, 0.25) is 0 Å². The van der Waals surface area contributed by atoms with Crippen LogP contribution >= 0.6 is 0 Å². The Balaban J connectivity index is 2.08. The van der Waals surface area contributed by atoms with Crippen LogP contribution in [0.2, 0.25) is 0 Å². The minimum absolute atomic E-state index is 0.324.